The van der Waals surface area contributed by atoms with E-state index in [4.69, 9.17) is 4.42 Å². The van der Waals surface area contributed by atoms with Crippen LogP contribution in [0.2, 0.25) is 0 Å². The van der Waals surface area contributed by atoms with Crippen molar-refractivity contribution in [1.29, 1.82) is 0 Å². The third kappa shape index (κ3) is 3.72. The molecule has 0 fully saturated rings. The maximum Gasteiger partial charge on any atom is 0.270 e. The van der Waals surface area contributed by atoms with Crippen LogP contribution in [0.15, 0.2) is 53.4 Å². The summed E-state index contributed by atoms with van der Waals surface area (Å²) in [5.41, 5.74) is 0.138. The number of carbonyl (C=O) groups is 1. The zero-order valence-electron chi connectivity index (χ0n) is 12.3. The molecular formula is C16H12F2N4O2. The lowest BCUT2D eigenvalue weighted by Crippen LogP contribution is -2.23. The molecule has 0 spiro atoms. The van der Waals surface area contributed by atoms with Crippen molar-refractivity contribution < 1.29 is 18.0 Å². The van der Waals surface area contributed by atoms with Crippen molar-refractivity contribution in [3.05, 3.63) is 72.1 Å². The van der Waals surface area contributed by atoms with E-state index in [1.165, 1.54) is 24.7 Å². The number of rotatable bonds is 5. The summed E-state index contributed by atoms with van der Waals surface area (Å²) < 4.78 is 31.7. The smallest absolute Gasteiger partial charge is 0.270 e. The number of anilines is 2. The second-order valence-electron chi connectivity index (χ2n) is 4.80. The zero-order chi connectivity index (χ0) is 16.9. The molecule has 1 amide bonds. The first kappa shape index (κ1) is 15.6. The average molecular weight is 330 g/mol. The van der Waals surface area contributed by atoms with Gasteiger partial charge in [-0.25, -0.2) is 18.7 Å². The predicted octanol–water partition coefficient (Wildman–Crippen LogP) is 3.02. The van der Waals surface area contributed by atoms with Crippen LogP contribution in [0.25, 0.3) is 0 Å². The van der Waals surface area contributed by atoms with Gasteiger partial charge in [0.1, 0.15) is 35.2 Å². The van der Waals surface area contributed by atoms with Crippen molar-refractivity contribution in [2.45, 2.75) is 6.54 Å². The number of benzene rings is 1. The number of hydrogen-bond donors (Lipinski definition) is 2. The Hall–Kier alpha value is -3.29. The second-order valence-corrected chi connectivity index (χ2v) is 4.80. The molecule has 0 unspecified atom stereocenters. The van der Waals surface area contributed by atoms with Crippen LogP contribution in [0.1, 0.15) is 16.2 Å². The van der Waals surface area contributed by atoms with Crippen molar-refractivity contribution in [2.24, 2.45) is 0 Å². The average Bonchev–Trinajstić information content (AvgIpc) is 3.09. The normalized spacial score (nSPS) is 10.4. The summed E-state index contributed by atoms with van der Waals surface area (Å²) in [5.74, 6) is -1.07. The summed E-state index contributed by atoms with van der Waals surface area (Å²) in [7, 11) is 0. The minimum atomic E-state index is -0.766. The Morgan fingerprint density at radius 3 is 2.79 bits per heavy atom. The molecule has 2 aromatic heterocycles. The molecule has 24 heavy (non-hydrogen) atoms. The fourth-order valence-corrected chi connectivity index (χ4v) is 1.95. The molecule has 0 bridgehead atoms. The number of carbonyl (C=O) groups excluding carboxylic acids is 1. The van der Waals surface area contributed by atoms with Crippen LogP contribution in [0.3, 0.4) is 0 Å². The second kappa shape index (κ2) is 6.86. The molecule has 122 valence electrons. The summed E-state index contributed by atoms with van der Waals surface area (Å²) in [6, 6.07) is 7.91. The highest BCUT2D eigenvalue weighted by molar-refractivity contribution is 5.92. The Labute approximate surface area is 135 Å². The van der Waals surface area contributed by atoms with Crippen molar-refractivity contribution in [1.82, 2.24) is 15.3 Å². The van der Waals surface area contributed by atoms with Crippen molar-refractivity contribution in [2.75, 3.05) is 5.32 Å². The van der Waals surface area contributed by atoms with E-state index in [2.05, 4.69) is 20.6 Å². The van der Waals surface area contributed by atoms with Gasteiger partial charge in [-0.1, -0.05) is 0 Å². The molecule has 1 aromatic carbocycles. The number of nitrogens with one attached hydrogen (secondary N) is 2. The number of aromatic nitrogens is 2. The first-order chi connectivity index (χ1) is 11.6. The molecule has 6 nitrogen and oxygen atoms in total. The van der Waals surface area contributed by atoms with Gasteiger partial charge in [-0.3, -0.25) is 4.79 Å². The molecule has 0 saturated heterocycles. The monoisotopic (exact) mass is 330 g/mol. The molecule has 0 saturated carbocycles. The highest BCUT2D eigenvalue weighted by Crippen LogP contribution is 2.19. The van der Waals surface area contributed by atoms with Crippen LogP contribution in [-0.4, -0.2) is 15.9 Å². The predicted molar refractivity (Wildman–Crippen MR) is 81.6 cm³/mol. The summed E-state index contributed by atoms with van der Waals surface area (Å²) in [5, 5.41) is 5.31. The lowest BCUT2D eigenvalue weighted by Gasteiger charge is -2.08. The third-order valence-electron chi connectivity index (χ3n) is 3.10. The SMILES string of the molecule is O=C(NCc1ccco1)c1cc(Nc2ccc(F)cc2F)ncn1. The highest BCUT2D eigenvalue weighted by Gasteiger charge is 2.11. The molecule has 0 aliphatic carbocycles. The van der Waals surface area contributed by atoms with Gasteiger partial charge in [0.05, 0.1) is 18.5 Å². The number of nitrogens with zero attached hydrogens (tertiary/aromatic N) is 2. The lowest BCUT2D eigenvalue weighted by molar-refractivity contribution is 0.0943. The lowest BCUT2D eigenvalue weighted by atomic mass is 10.3. The van der Waals surface area contributed by atoms with E-state index in [0.29, 0.717) is 5.76 Å². The number of amides is 1. The number of furan rings is 1. The van der Waals surface area contributed by atoms with Gasteiger partial charge in [0.2, 0.25) is 0 Å². The largest absolute Gasteiger partial charge is 0.467 e. The Morgan fingerprint density at radius 2 is 2.04 bits per heavy atom. The number of halogens is 2. The molecule has 0 atom stereocenters. The maximum absolute atomic E-state index is 13.6. The van der Waals surface area contributed by atoms with Gasteiger partial charge < -0.3 is 15.1 Å². The zero-order valence-corrected chi connectivity index (χ0v) is 12.3. The van der Waals surface area contributed by atoms with Gasteiger partial charge in [0.25, 0.3) is 5.91 Å². The molecule has 8 heteroatoms. The van der Waals surface area contributed by atoms with Crippen LogP contribution >= 0.6 is 0 Å². The van der Waals surface area contributed by atoms with E-state index in [-0.39, 0.29) is 23.7 Å². The first-order valence-electron chi connectivity index (χ1n) is 6.96. The van der Waals surface area contributed by atoms with Gasteiger partial charge in [-0.15, -0.1) is 0 Å². The van der Waals surface area contributed by atoms with Crippen molar-refractivity contribution in [3.8, 4) is 0 Å². The van der Waals surface area contributed by atoms with E-state index in [9.17, 15) is 13.6 Å². The minimum Gasteiger partial charge on any atom is -0.467 e. The van der Waals surface area contributed by atoms with Gasteiger partial charge in [-0.2, -0.15) is 0 Å². The van der Waals surface area contributed by atoms with Gasteiger partial charge in [-0.05, 0) is 24.3 Å². The van der Waals surface area contributed by atoms with E-state index in [0.717, 1.165) is 12.1 Å². The van der Waals surface area contributed by atoms with Crippen molar-refractivity contribution >= 4 is 17.4 Å². The van der Waals surface area contributed by atoms with Gasteiger partial charge in [0.15, 0.2) is 0 Å². The molecule has 0 aliphatic rings. The first-order valence-corrected chi connectivity index (χ1v) is 6.96. The summed E-state index contributed by atoms with van der Waals surface area (Å²) in [4.78, 5) is 19.8. The van der Waals surface area contributed by atoms with E-state index in [1.54, 1.807) is 12.1 Å². The highest BCUT2D eigenvalue weighted by atomic mass is 19.1. The minimum absolute atomic E-state index is 0.0389. The van der Waals surface area contributed by atoms with E-state index in [1.807, 2.05) is 0 Å². The van der Waals surface area contributed by atoms with Crippen LogP contribution in [0, 0.1) is 11.6 Å². The summed E-state index contributed by atoms with van der Waals surface area (Å²) >= 11 is 0. The molecular weight excluding hydrogens is 318 g/mol. The van der Waals surface area contributed by atoms with Crippen LogP contribution in [-0.2, 0) is 6.54 Å². The summed E-state index contributed by atoms with van der Waals surface area (Å²) in [6.07, 6.45) is 2.68. The van der Waals surface area contributed by atoms with E-state index < -0.39 is 17.5 Å². The van der Waals surface area contributed by atoms with Crippen LogP contribution in [0.5, 0.6) is 0 Å². The fraction of sp³-hybridized carbons (Fsp3) is 0.0625. The topological polar surface area (TPSA) is 80.0 Å². The fourth-order valence-electron chi connectivity index (χ4n) is 1.95. The Balaban J connectivity index is 1.70. The van der Waals surface area contributed by atoms with Crippen molar-refractivity contribution in [3.63, 3.8) is 0 Å². The Morgan fingerprint density at radius 1 is 1.17 bits per heavy atom. The van der Waals surface area contributed by atoms with Gasteiger partial charge in [0, 0.05) is 12.1 Å². The third-order valence-corrected chi connectivity index (χ3v) is 3.10. The molecule has 0 aliphatic heterocycles. The molecule has 2 N–H and O–H groups in total. The standard InChI is InChI=1S/C16H12F2N4O2/c17-10-3-4-13(12(18)6-10)22-15-7-14(20-9-21-15)16(23)19-8-11-2-1-5-24-11/h1-7,9H,8H2,(H,19,23)(H,20,21,22). The maximum atomic E-state index is 13.6. The van der Waals surface area contributed by atoms with Gasteiger partial charge >= 0.3 is 0 Å². The molecule has 3 aromatic rings. The van der Waals surface area contributed by atoms with Crippen LogP contribution < -0.4 is 10.6 Å². The Kier molecular flexibility index (Phi) is 4.46. The molecule has 3 rings (SSSR count). The van der Waals surface area contributed by atoms with E-state index >= 15 is 0 Å². The quantitative estimate of drug-likeness (QED) is 0.752. The number of hydrogen-bond acceptors (Lipinski definition) is 5. The molecule has 2 heterocycles. The van der Waals surface area contributed by atoms with Crippen LogP contribution in [0.4, 0.5) is 20.3 Å². The molecule has 0 radical (unpaired) electrons. The summed E-state index contributed by atoms with van der Waals surface area (Å²) in [6.45, 7) is 0.213. The Bertz CT molecular complexity index is 853.